The summed E-state index contributed by atoms with van der Waals surface area (Å²) in [5.74, 6) is 0.394. The molecule has 3 aromatic rings. The Morgan fingerprint density at radius 1 is 1.04 bits per heavy atom. The van der Waals surface area contributed by atoms with E-state index in [1.165, 1.54) is 12.1 Å². The Kier molecular flexibility index (Phi) is 3.02. The van der Waals surface area contributed by atoms with Gasteiger partial charge in [-0.2, -0.15) is 13.2 Å². The third-order valence-corrected chi connectivity index (χ3v) is 3.89. The minimum absolute atomic E-state index is 0.0267. The van der Waals surface area contributed by atoms with Crippen LogP contribution >= 0.6 is 0 Å². The largest absolute Gasteiger partial charge is 0.416 e. The molecule has 2 aromatic carbocycles. The lowest BCUT2D eigenvalue weighted by molar-refractivity contribution is -0.138. The number of hydrogen-bond acceptors (Lipinski definition) is 4. The van der Waals surface area contributed by atoms with Crippen molar-refractivity contribution in [1.29, 1.82) is 0 Å². The Hall–Kier alpha value is -3.03. The molecule has 5 nitrogen and oxygen atoms in total. The summed E-state index contributed by atoms with van der Waals surface area (Å²) in [7, 11) is 0. The number of rotatable bonds is 1. The molecule has 4 rings (SSSR count). The highest BCUT2D eigenvalue weighted by Gasteiger charge is 2.37. The van der Waals surface area contributed by atoms with Crippen LogP contribution in [0.15, 0.2) is 53.5 Å². The first kappa shape index (κ1) is 14.6. The number of hydrogen-bond donors (Lipinski definition) is 2. The van der Waals surface area contributed by atoms with Crippen molar-refractivity contribution in [3.8, 4) is 0 Å². The van der Waals surface area contributed by atoms with E-state index in [4.69, 9.17) is 5.73 Å². The van der Waals surface area contributed by atoms with E-state index in [-0.39, 0.29) is 11.5 Å². The summed E-state index contributed by atoms with van der Waals surface area (Å²) >= 11 is 0. The smallest absolute Gasteiger partial charge is 0.370 e. The number of fused-ring (bicyclic) bond motifs is 3. The van der Waals surface area contributed by atoms with Gasteiger partial charge in [0.25, 0.3) is 0 Å². The van der Waals surface area contributed by atoms with Gasteiger partial charge in [-0.25, -0.2) is 9.98 Å². The molecule has 1 atom stereocenters. The van der Waals surface area contributed by atoms with Crippen LogP contribution in [0.5, 0.6) is 0 Å². The number of para-hydroxylation sites is 2. The number of benzene rings is 2. The maximum atomic E-state index is 13.4. The van der Waals surface area contributed by atoms with Crippen molar-refractivity contribution in [3.63, 3.8) is 0 Å². The Balaban J connectivity index is 1.99. The quantitative estimate of drug-likeness (QED) is 0.718. The van der Waals surface area contributed by atoms with Gasteiger partial charge in [0.05, 0.1) is 16.6 Å². The number of aromatic nitrogens is 2. The zero-order chi connectivity index (χ0) is 16.9. The van der Waals surface area contributed by atoms with Gasteiger partial charge in [0.2, 0.25) is 5.95 Å². The molecule has 0 saturated carbocycles. The predicted molar refractivity (Wildman–Crippen MR) is 84.6 cm³/mol. The van der Waals surface area contributed by atoms with E-state index in [9.17, 15) is 13.2 Å². The standard InChI is InChI=1S/C16H12F3N5/c17-16(18,19)10-6-2-1-5-9(10)13-22-14(20)23-15-21-11-7-3-4-8-12(11)24(13)15/h1-8,13H,(H3,20,21,22,23)/t13-/m0/s1. The molecule has 0 bridgehead atoms. The summed E-state index contributed by atoms with van der Waals surface area (Å²) in [6, 6.07) is 12.5. The maximum Gasteiger partial charge on any atom is 0.416 e. The summed E-state index contributed by atoms with van der Waals surface area (Å²) in [6.45, 7) is 0. The van der Waals surface area contributed by atoms with Gasteiger partial charge in [-0.15, -0.1) is 0 Å². The summed E-state index contributed by atoms with van der Waals surface area (Å²) in [5.41, 5.74) is 6.38. The van der Waals surface area contributed by atoms with Gasteiger partial charge < -0.3 is 5.73 Å². The van der Waals surface area contributed by atoms with Gasteiger partial charge in [0.1, 0.15) is 0 Å². The average Bonchev–Trinajstić information content (AvgIpc) is 2.91. The first-order chi connectivity index (χ1) is 11.4. The summed E-state index contributed by atoms with van der Waals surface area (Å²) in [4.78, 5) is 8.58. The lowest BCUT2D eigenvalue weighted by atomic mass is 10.0. The van der Waals surface area contributed by atoms with Crippen molar-refractivity contribution in [2.24, 2.45) is 10.7 Å². The third kappa shape index (κ3) is 2.18. The second kappa shape index (κ2) is 4.98. The van der Waals surface area contributed by atoms with Crippen molar-refractivity contribution in [2.45, 2.75) is 12.3 Å². The minimum atomic E-state index is -4.48. The highest BCUT2D eigenvalue weighted by molar-refractivity contribution is 5.94. The normalized spacial score (nSPS) is 17.3. The summed E-state index contributed by atoms with van der Waals surface area (Å²) in [5, 5.41) is 2.81. The molecule has 1 aliphatic rings. The molecule has 1 aliphatic heterocycles. The lowest BCUT2D eigenvalue weighted by Crippen LogP contribution is -2.32. The second-order valence-electron chi connectivity index (χ2n) is 5.39. The fraction of sp³-hybridized carbons (Fsp3) is 0.125. The number of alkyl halides is 3. The molecule has 0 radical (unpaired) electrons. The molecular formula is C16H12F3N5. The first-order valence-corrected chi connectivity index (χ1v) is 7.18. The van der Waals surface area contributed by atoms with Crippen LogP contribution in [0.1, 0.15) is 17.3 Å². The van der Waals surface area contributed by atoms with Crippen LogP contribution in [-0.4, -0.2) is 15.5 Å². The molecule has 0 spiro atoms. The first-order valence-electron chi connectivity index (χ1n) is 7.18. The van der Waals surface area contributed by atoms with Gasteiger partial charge in [0, 0.05) is 5.56 Å². The van der Waals surface area contributed by atoms with E-state index in [2.05, 4.69) is 15.3 Å². The summed E-state index contributed by atoms with van der Waals surface area (Å²) < 4.78 is 41.8. The van der Waals surface area contributed by atoms with Gasteiger partial charge >= 0.3 is 6.18 Å². The number of nitrogens with two attached hydrogens (primary N) is 1. The van der Waals surface area contributed by atoms with Crippen molar-refractivity contribution in [1.82, 2.24) is 9.55 Å². The number of halogens is 3. The van der Waals surface area contributed by atoms with Crippen molar-refractivity contribution in [2.75, 3.05) is 5.32 Å². The Morgan fingerprint density at radius 2 is 1.75 bits per heavy atom. The molecule has 0 aliphatic carbocycles. The molecule has 2 heterocycles. The molecule has 24 heavy (non-hydrogen) atoms. The number of imidazole rings is 1. The van der Waals surface area contributed by atoms with Crippen LogP contribution in [0.2, 0.25) is 0 Å². The minimum Gasteiger partial charge on any atom is -0.370 e. The Labute approximate surface area is 134 Å². The van der Waals surface area contributed by atoms with E-state index in [0.29, 0.717) is 17.0 Å². The zero-order valence-electron chi connectivity index (χ0n) is 12.2. The van der Waals surface area contributed by atoms with Gasteiger partial charge in [0.15, 0.2) is 12.1 Å². The molecule has 8 heteroatoms. The van der Waals surface area contributed by atoms with E-state index < -0.39 is 17.9 Å². The van der Waals surface area contributed by atoms with Crippen LogP contribution in [0.4, 0.5) is 19.1 Å². The topological polar surface area (TPSA) is 68.2 Å². The number of anilines is 1. The SMILES string of the molecule is NC1=N[C@H](c2ccccc2C(F)(F)F)n2c(nc3ccccc32)N1. The molecule has 0 unspecified atom stereocenters. The van der Waals surface area contributed by atoms with Crippen LogP contribution in [0.3, 0.4) is 0 Å². The van der Waals surface area contributed by atoms with Crippen LogP contribution in [0.25, 0.3) is 11.0 Å². The second-order valence-corrected chi connectivity index (χ2v) is 5.39. The number of aliphatic imine (C=N–C) groups is 1. The van der Waals surface area contributed by atoms with Crippen LogP contribution in [0, 0.1) is 0 Å². The van der Waals surface area contributed by atoms with Gasteiger partial charge in [-0.1, -0.05) is 30.3 Å². The monoisotopic (exact) mass is 331 g/mol. The van der Waals surface area contributed by atoms with E-state index >= 15 is 0 Å². The maximum absolute atomic E-state index is 13.4. The van der Waals surface area contributed by atoms with Gasteiger partial charge in [-0.05, 0) is 18.2 Å². The van der Waals surface area contributed by atoms with Crippen LogP contribution < -0.4 is 11.1 Å². The fourth-order valence-corrected chi connectivity index (χ4v) is 2.91. The van der Waals surface area contributed by atoms with Gasteiger partial charge in [-0.3, -0.25) is 9.88 Å². The number of nitrogens with one attached hydrogen (secondary N) is 1. The fourth-order valence-electron chi connectivity index (χ4n) is 2.91. The molecule has 122 valence electrons. The molecule has 0 fully saturated rings. The van der Waals surface area contributed by atoms with E-state index in [0.717, 1.165) is 6.07 Å². The summed E-state index contributed by atoms with van der Waals surface area (Å²) in [6.07, 6.45) is -5.42. The molecule has 1 aromatic heterocycles. The van der Waals surface area contributed by atoms with Crippen LogP contribution in [-0.2, 0) is 6.18 Å². The third-order valence-electron chi connectivity index (χ3n) is 3.89. The average molecular weight is 331 g/mol. The Bertz CT molecular complexity index is 958. The van der Waals surface area contributed by atoms with Crippen molar-refractivity contribution >= 4 is 22.9 Å². The molecule has 3 N–H and O–H groups in total. The number of guanidine groups is 1. The molecular weight excluding hydrogens is 319 g/mol. The Morgan fingerprint density at radius 3 is 2.54 bits per heavy atom. The predicted octanol–water partition coefficient (Wildman–Crippen LogP) is 3.34. The highest BCUT2D eigenvalue weighted by atomic mass is 19.4. The highest BCUT2D eigenvalue weighted by Crippen LogP contribution is 2.39. The van der Waals surface area contributed by atoms with E-state index in [1.54, 1.807) is 28.8 Å². The lowest BCUT2D eigenvalue weighted by Gasteiger charge is -2.26. The molecule has 0 saturated heterocycles. The van der Waals surface area contributed by atoms with E-state index in [1.807, 2.05) is 6.07 Å². The zero-order valence-corrected chi connectivity index (χ0v) is 12.2. The van der Waals surface area contributed by atoms with Crippen molar-refractivity contribution < 1.29 is 13.2 Å². The van der Waals surface area contributed by atoms with Crippen molar-refractivity contribution in [3.05, 3.63) is 59.7 Å². The molecule has 0 amide bonds. The number of nitrogens with zero attached hydrogens (tertiary/aromatic N) is 3.